The van der Waals surface area contributed by atoms with E-state index in [9.17, 15) is 0 Å². The number of fused-ring (bicyclic) bond motifs is 8. The van der Waals surface area contributed by atoms with Gasteiger partial charge >= 0.3 is 0 Å². The number of anilines is 1. The number of hydrogen-bond donors (Lipinski definition) is 0. The summed E-state index contributed by atoms with van der Waals surface area (Å²) in [5.74, 6) is 0.625. The maximum absolute atomic E-state index is 2.62. The van der Waals surface area contributed by atoms with Gasteiger partial charge < -0.3 is 4.90 Å². The number of rotatable bonds is 9. The highest BCUT2D eigenvalue weighted by atomic mass is 15.2. The zero-order chi connectivity index (χ0) is 49.0. The molecule has 1 heteroatoms. The van der Waals surface area contributed by atoms with Crippen molar-refractivity contribution >= 4 is 16.8 Å². The van der Waals surface area contributed by atoms with Crippen LogP contribution in [0.5, 0.6) is 0 Å². The van der Waals surface area contributed by atoms with Gasteiger partial charge in [-0.3, -0.25) is 0 Å². The average molecular weight is 948 g/mol. The maximum atomic E-state index is 2.62. The van der Waals surface area contributed by atoms with Crippen molar-refractivity contribution in [3.8, 4) is 44.5 Å². The molecule has 0 aromatic heterocycles. The molecule has 3 unspecified atom stereocenters. The average Bonchev–Trinajstić information content (AvgIpc) is 3.95. The van der Waals surface area contributed by atoms with E-state index in [2.05, 4.69) is 266 Å². The zero-order valence-corrected chi connectivity index (χ0v) is 41.7. The molecule has 1 nitrogen and oxygen atoms in total. The third-order valence-electron chi connectivity index (χ3n) is 16.7. The van der Waals surface area contributed by atoms with Gasteiger partial charge in [0.15, 0.2) is 0 Å². The molecule has 8 aromatic rings. The van der Waals surface area contributed by atoms with Gasteiger partial charge in [0.1, 0.15) is 0 Å². The second-order valence-corrected chi connectivity index (χ2v) is 20.9. The quantitative estimate of drug-likeness (QED) is 0.139. The summed E-state index contributed by atoms with van der Waals surface area (Å²) in [7, 11) is 0. The second kappa shape index (κ2) is 18.5. The molecule has 6 aliphatic carbocycles. The monoisotopic (exact) mass is 947 g/mol. The van der Waals surface area contributed by atoms with Gasteiger partial charge in [-0.15, -0.1) is 0 Å². The molecule has 0 saturated heterocycles. The first-order chi connectivity index (χ1) is 36.7. The van der Waals surface area contributed by atoms with Gasteiger partial charge in [0.25, 0.3) is 0 Å². The van der Waals surface area contributed by atoms with Crippen molar-refractivity contribution in [3.63, 3.8) is 0 Å². The predicted molar refractivity (Wildman–Crippen MR) is 311 cm³/mol. The van der Waals surface area contributed by atoms with E-state index in [0.29, 0.717) is 5.92 Å². The van der Waals surface area contributed by atoms with Gasteiger partial charge in [0.2, 0.25) is 0 Å². The Morgan fingerprint density at radius 3 is 1.51 bits per heavy atom. The molecular weight excluding hydrogens is 891 g/mol. The minimum atomic E-state index is -0.344. The molecule has 6 aliphatic rings. The summed E-state index contributed by atoms with van der Waals surface area (Å²) in [4.78, 5) is 2.60. The van der Waals surface area contributed by atoms with E-state index < -0.39 is 0 Å². The second-order valence-electron chi connectivity index (χ2n) is 20.9. The van der Waals surface area contributed by atoms with E-state index in [-0.39, 0.29) is 11.3 Å². The summed E-state index contributed by atoms with van der Waals surface area (Å²) in [6, 6.07) is 75.0. The third-order valence-corrected chi connectivity index (χ3v) is 16.7. The molecule has 0 aliphatic heterocycles. The lowest BCUT2D eigenvalue weighted by atomic mass is 9.67. The Kier molecular flexibility index (Phi) is 11.1. The Bertz CT molecular complexity index is 3690. The molecule has 0 saturated carbocycles. The molecule has 0 bridgehead atoms. The molecule has 0 fully saturated rings. The molecular formula is C73H57N. The molecule has 1 spiro atoms. The van der Waals surface area contributed by atoms with Crippen molar-refractivity contribution in [1.82, 2.24) is 0 Å². The molecule has 0 heterocycles. The van der Waals surface area contributed by atoms with Gasteiger partial charge in [-0.1, -0.05) is 218 Å². The summed E-state index contributed by atoms with van der Waals surface area (Å²) in [5.41, 5.74) is 27.7. The first-order valence-electron chi connectivity index (χ1n) is 26.8. The molecule has 0 N–H and O–H groups in total. The SMILES string of the molecule is C1=CCC(c2cc(-c3ccccc3)cc(C3C=CC(N(C4=CC5=C(CC4)c4ccccc4C54C5=C(CCC=C5)c5ccccc54)c4ccc(-c5cc(-c6ccccc6)cc(-c6ccccc6)c5)cc4)=CC3)c2)C=C1. The molecule has 8 aromatic carbocycles. The Balaban J connectivity index is 0.891. The normalized spacial score (nSPS) is 20.0. The molecule has 14 rings (SSSR count). The van der Waals surface area contributed by atoms with Gasteiger partial charge in [-0.25, -0.2) is 0 Å². The van der Waals surface area contributed by atoms with E-state index in [4.69, 9.17) is 0 Å². The minimum Gasteiger partial charge on any atom is -0.315 e. The third kappa shape index (κ3) is 7.52. The van der Waals surface area contributed by atoms with Crippen LogP contribution in [0, 0.1) is 0 Å². The van der Waals surface area contributed by atoms with E-state index >= 15 is 0 Å². The summed E-state index contributed by atoms with van der Waals surface area (Å²) in [5, 5.41) is 0. The number of hydrogen-bond acceptors (Lipinski definition) is 1. The van der Waals surface area contributed by atoms with E-state index in [1.54, 1.807) is 0 Å². The summed E-state index contributed by atoms with van der Waals surface area (Å²) >= 11 is 0. The Morgan fingerprint density at radius 1 is 0.405 bits per heavy atom. The van der Waals surface area contributed by atoms with Crippen LogP contribution >= 0.6 is 0 Å². The number of benzene rings is 8. The van der Waals surface area contributed by atoms with Crippen molar-refractivity contribution in [2.45, 2.75) is 55.8 Å². The fourth-order valence-corrected chi connectivity index (χ4v) is 13.2. The maximum Gasteiger partial charge on any atom is 0.0719 e. The van der Waals surface area contributed by atoms with Crippen LogP contribution in [0.4, 0.5) is 5.69 Å². The van der Waals surface area contributed by atoms with Crippen LogP contribution in [0.25, 0.3) is 55.7 Å². The first kappa shape index (κ1) is 44.2. The van der Waals surface area contributed by atoms with Gasteiger partial charge in [0.05, 0.1) is 5.41 Å². The Labute approximate surface area is 436 Å². The van der Waals surface area contributed by atoms with E-state index in [1.165, 1.54) is 117 Å². The molecule has 354 valence electrons. The fraction of sp³-hybridized carbons (Fsp3) is 0.123. The van der Waals surface area contributed by atoms with Crippen LogP contribution < -0.4 is 4.90 Å². The summed E-state index contributed by atoms with van der Waals surface area (Å²) in [6.45, 7) is 0. The van der Waals surface area contributed by atoms with Gasteiger partial charge in [0, 0.05) is 28.9 Å². The summed E-state index contributed by atoms with van der Waals surface area (Å²) < 4.78 is 0. The van der Waals surface area contributed by atoms with Crippen LogP contribution in [0.3, 0.4) is 0 Å². The van der Waals surface area contributed by atoms with Crippen LogP contribution in [-0.4, -0.2) is 0 Å². The highest BCUT2D eigenvalue weighted by molar-refractivity contribution is 5.97. The molecule has 0 amide bonds. The smallest absolute Gasteiger partial charge is 0.0719 e. The topological polar surface area (TPSA) is 3.24 Å². The van der Waals surface area contributed by atoms with Crippen LogP contribution in [0.1, 0.15) is 83.7 Å². The van der Waals surface area contributed by atoms with Crippen LogP contribution in [0.2, 0.25) is 0 Å². The van der Waals surface area contributed by atoms with E-state index in [1.807, 2.05) is 0 Å². The van der Waals surface area contributed by atoms with Crippen molar-refractivity contribution < 1.29 is 0 Å². The lowest BCUT2D eigenvalue weighted by Gasteiger charge is -2.37. The van der Waals surface area contributed by atoms with Gasteiger partial charge in [-0.05, 0) is 181 Å². The van der Waals surface area contributed by atoms with Crippen molar-refractivity contribution in [2.75, 3.05) is 4.90 Å². The zero-order valence-electron chi connectivity index (χ0n) is 41.7. The summed E-state index contributed by atoms with van der Waals surface area (Å²) in [6.07, 6.45) is 30.0. The number of allylic oxidation sites excluding steroid dienone is 15. The lowest BCUT2D eigenvalue weighted by Crippen LogP contribution is -2.30. The van der Waals surface area contributed by atoms with Crippen molar-refractivity contribution in [3.05, 3.63) is 317 Å². The van der Waals surface area contributed by atoms with Crippen LogP contribution in [0.15, 0.2) is 283 Å². The lowest BCUT2D eigenvalue weighted by molar-refractivity contribution is 0.759. The largest absolute Gasteiger partial charge is 0.315 e. The van der Waals surface area contributed by atoms with Crippen LogP contribution in [-0.2, 0) is 5.41 Å². The van der Waals surface area contributed by atoms with Crippen molar-refractivity contribution in [1.29, 1.82) is 0 Å². The van der Waals surface area contributed by atoms with Gasteiger partial charge in [-0.2, -0.15) is 0 Å². The van der Waals surface area contributed by atoms with E-state index in [0.717, 1.165) is 38.5 Å². The molecule has 3 atom stereocenters. The highest BCUT2D eigenvalue weighted by Gasteiger charge is 2.53. The standard InChI is InChI=1S/C73H57N/c1-5-19-50(20-6-1)56-43-57(51-21-7-2-8-22-51)46-60(45-56)54-33-37-62(38-34-54)74(63-39-35-55(36-40-63)61-47-58(52-23-9-3-10-24-52)44-59(48-61)53-25-11-4-12-26-53)64-41-42-68-67-29-15-18-32-71(67)73(72(68)49-64)69-30-16-13-27-65(69)66-28-14-17-31-70(66)73/h1-13,15-25,27,29-35,37-40,43-49,53,55H,14,26,28,36,41-42H2. The Morgan fingerprint density at radius 2 is 0.946 bits per heavy atom. The molecule has 0 radical (unpaired) electrons. The molecule has 74 heavy (non-hydrogen) atoms. The minimum absolute atomic E-state index is 0.255. The first-order valence-corrected chi connectivity index (χ1v) is 26.8. The number of nitrogens with zero attached hydrogens (tertiary/aromatic N) is 1. The highest BCUT2D eigenvalue weighted by Crippen LogP contribution is 2.64. The predicted octanol–water partition coefficient (Wildman–Crippen LogP) is 18.9. The fourth-order valence-electron chi connectivity index (χ4n) is 13.2. The Hall–Kier alpha value is -8.52. The van der Waals surface area contributed by atoms with Crippen molar-refractivity contribution in [2.24, 2.45) is 0 Å².